The average molecular weight is 315 g/mol. The van der Waals surface area contributed by atoms with Gasteiger partial charge in [0.2, 0.25) is 0 Å². The minimum atomic E-state index is -0.187. The number of rotatable bonds is 2. The number of hydrogen-bond donors (Lipinski definition) is 0. The van der Waals surface area contributed by atoms with Gasteiger partial charge in [-0.3, -0.25) is 4.90 Å². The molecule has 23 heavy (non-hydrogen) atoms. The number of aromatic nitrogens is 4. The van der Waals surface area contributed by atoms with Gasteiger partial charge in [0.25, 0.3) is 0 Å². The Labute approximate surface area is 135 Å². The molecule has 3 heterocycles. The zero-order chi connectivity index (χ0) is 15.7. The number of ether oxygens (including phenoxy) is 2. The highest BCUT2D eigenvalue weighted by Crippen LogP contribution is 2.35. The lowest BCUT2D eigenvalue weighted by Gasteiger charge is -2.38. The molecule has 0 bridgehead atoms. The first kappa shape index (κ1) is 14.6. The fourth-order valence-corrected chi connectivity index (χ4v) is 3.41. The Kier molecular flexibility index (Phi) is 3.74. The summed E-state index contributed by atoms with van der Waals surface area (Å²) in [6.07, 6.45) is 1.82. The number of aryl methyl sites for hydroxylation is 1. The summed E-state index contributed by atoms with van der Waals surface area (Å²) in [5.41, 5.74) is 1.02. The van der Waals surface area contributed by atoms with Gasteiger partial charge in [0, 0.05) is 31.5 Å². The third-order valence-electron chi connectivity index (χ3n) is 4.52. The monoisotopic (exact) mass is 315 g/mol. The molecule has 7 nitrogen and oxygen atoms in total. The summed E-state index contributed by atoms with van der Waals surface area (Å²) in [5, 5.41) is 12.4. The average Bonchev–Trinajstić information content (AvgIpc) is 2.88. The van der Waals surface area contributed by atoms with E-state index in [0.717, 1.165) is 50.7 Å². The minimum absolute atomic E-state index is 0.187. The Hall–Kier alpha value is -1.99. The Balaban J connectivity index is 1.63. The van der Waals surface area contributed by atoms with E-state index in [1.807, 2.05) is 6.07 Å². The molecular formula is C16H21N5O2. The van der Waals surface area contributed by atoms with Crippen molar-refractivity contribution in [1.29, 1.82) is 0 Å². The predicted octanol–water partition coefficient (Wildman–Crippen LogP) is 1.15. The summed E-state index contributed by atoms with van der Waals surface area (Å²) in [4.78, 5) is 3.86. The van der Waals surface area contributed by atoms with Crippen molar-refractivity contribution in [3.05, 3.63) is 35.7 Å². The Bertz CT molecular complexity index is 681. The van der Waals surface area contributed by atoms with Crippen molar-refractivity contribution in [2.75, 3.05) is 19.8 Å². The van der Waals surface area contributed by atoms with Crippen LogP contribution in [0.2, 0.25) is 0 Å². The van der Waals surface area contributed by atoms with Crippen molar-refractivity contribution >= 4 is 0 Å². The Morgan fingerprint density at radius 2 is 2.04 bits per heavy atom. The Morgan fingerprint density at radius 3 is 2.83 bits per heavy atom. The molecule has 1 spiro atoms. The van der Waals surface area contributed by atoms with Crippen LogP contribution in [-0.4, -0.2) is 50.5 Å². The van der Waals surface area contributed by atoms with Gasteiger partial charge in [0.1, 0.15) is 11.4 Å². The molecule has 0 radical (unpaired) electrons. The van der Waals surface area contributed by atoms with Crippen LogP contribution in [0.15, 0.2) is 24.3 Å². The SMILES string of the molecule is Cn1nnc(CN2Cc3ccccc3OC3(CCOCC3)C2)n1. The second kappa shape index (κ2) is 5.90. The van der Waals surface area contributed by atoms with Gasteiger partial charge in [-0.05, 0) is 11.3 Å². The second-order valence-corrected chi connectivity index (χ2v) is 6.35. The van der Waals surface area contributed by atoms with E-state index in [9.17, 15) is 0 Å². The summed E-state index contributed by atoms with van der Waals surface area (Å²) in [6.45, 7) is 3.85. The maximum atomic E-state index is 6.48. The predicted molar refractivity (Wildman–Crippen MR) is 82.8 cm³/mol. The van der Waals surface area contributed by atoms with Gasteiger partial charge >= 0.3 is 0 Å². The summed E-state index contributed by atoms with van der Waals surface area (Å²) in [6, 6.07) is 8.29. The molecule has 4 rings (SSSR count). The van der Waals surface area contributed by atoms with Crippen LogP contribution >= 0.6 is 0 Å². The molecule has 0 saturated carbocycles. The molecule has 0 N–H and O–H groups in total. The molecule has 2 aromatic rings. The zero-order valence-electron chi connectivity index (χ0n) is 13.3. The highest BCUT2D eigenvalue weighted by atomic mass is 16.5. The number of para-hydroxylation sites is 1. The quantitative estimate of drug-likeness (QED) is 0.828. The maximum absolute atomic E-state index is 6.48. The van der Waals surface area contributed by atoms with Gasteiger partial charge in [-0.25, -0.2) is 0 Å². The van der Waals surface area contributed by atoms with E-state index in [4.69, 9.17) is 9.47 Å². The van der Waals surface area contributed by atoms with Crippen molar-refractivity contribution in [2.45, 2.75) is 31.5 Å². The van der Waals surface area contributed by atoms with E-state index in [-0.39, 0.29) is 5.60 Å². The van der Waals surface area contributed by atoms with Crippen LogP contribution in [0, 0.1) is 0 Å². The first-order valence-corrected chi connectivity index (χ1v) is 8.02. The third-order valence-corrected chi connectivity index (χ3v) is 4.52. The van der Waals surface area contributed by atoms with E-state index in [0.29, 0.717) is 6.54 Å². The van der Waals surface area contributed by atoms with Crippen LogP contribution in [0.1, 0.15) is 24.2 Å². The van der Waals surface area contributed by atoms with Crippen LogP contribution < -0.4 is 4.74 Å². The van der Waals surface area contributed by atoms with Crippen LogP contribution in [-0.2, 0) is 24.9 Å². The molecule has 7 heteroatoms. The van der Waals surface area contributed by atoms with Gasteiger partial charge in [-0.2, -0.15) is 4.80 Å². The first-order chi connectivity index (χ1) is 11.2. The molecule has 1 saturated heterocycles. The number of nitrogens with zero attached hydrogens (tertiary/aromatic N) is 5. The lowest BCUT2D eigenvalue weighted by atomic mass is 9.93. The normalized spacial score (nSPS) is 20.7. The van der Waals surface area contributed by atoms with Crippen molar-refractivity contribution in [1.82, 2.24) is 25.1 Å². The molecule has 2 aliphatic rings. The van der Waals surface area contributed by atoms with Gasteiger partial charge in [-0.1, -0.05) is 18.2 Å². The van der Waals surface area contributed by atoms with E-state index in [1.54, 1.807) is 7.05 Å². The molecule has 0 atom stereocenters. The highest BCUT2D eigenvalue weighted by Gasteiger charge is 2.39. The van der Waals surface area contributed by atoms with Crippen LogP contribution in [0.5, 0.6) is 5.75 Å². The standard InChI is InChI=1S/C16H21N5O2/c1-20-18-15(17-19-20)11-21-10-13-4-2-3-5-14(13)23-16(12-21)6-8-22-9-7-16/h2-5H,6-12H2,1H3. The van der Waals surface area contributed by atoms with Crippen molar-refractivity contribution in [3.63, 3.8) is 0 Å². The van der Waals surface area contributed by atoms with Gasteiger partial charge < -0.3 is 9.47 Å². The molecule has 122 valence electrons. The molecule has 1 aromatic carbocycles. The van der Waals surface area contributed by atoms with Gasteiger partial charge in [-0.15, -0.1) is 10.2 Å². The van der Waals surface area contributed by atoms with E-state index in [1.165, 1.54) is 10.4 Å². The maximum Gasteiger partial charge on any atom is 0.188 e. The van der Waals surface area contributed by atoms with Crippen LogP contribution in [0.3, 0.4) is 0 Å². The molecular weight excluding hydrogens is 294 g/mol. The first-order valence-electron chi connectivity index (χ1n) is 8.02. The summed E-state index contributed by atoms with van der Waals surface area (Å²) < 4.78 is 12.0. The zero-order valence-corrected chi connectivity index (χ0v) is 13.3. The molecule has 0 aliphatic carbocycles. The highest BCUT2D eigenvalue weighted by molar-refractivity contribution is 5.35. The smallest absolute Gasteiger partial charge is 0.188 e. The minimum Gasteiger partial charge on any atom is -0.485 e. The summed E-state index contributed by atoms with van der Waals surface area (Å²) >= 11 is 0. The summed E-state index contributed by atoms with van der Waals surface area (Å²) in [5.74, 6) is 1.73. The third kappa shape index (κ3) is 3.07. The number of tetrazole rings is 1. The molecule has 2 aliphatic heterocycles. The fraction of sp³-hybridized carbons (Fsp3) is 0.562. The Morgan fingerprint density at radius 1 is 1.22 bits per heavy atom. The topological polar surface area (TPSA) is 65.3 Å². The molecule has 0 unspecified atom stereocenters. The van der Waals surface area contributed by atoms with E-state index >= 15 is 0 Å². The second-order valence-electron chi connectivity index (χ2n) is 6.35. The molecule has 0 amide bonds. The van der Waals surface area contributed by atoms with Crippen molar-refractivity contribution < 1.29 is 9.47 Å². The number of hydrogen-bond acceptors (Lipinski definition) is 6. The number of fused-ring (bicyclic) bond motifs is 1. The lowest BCUT2D eigenvalue weighted by Crippen LogP contribution is -2.49. The van der Waals surface area contributed by atoms with Crippen molar-refractivity contribution in [3.8, 4) is 5.75 Å². The number of benzene rings is 1. The van der Waals surface area contributed by atoms with Gasteiger partial charge in [0.15, 0.2) is 5.82 Å². The molecule has 1 fully saturated rings. The molecule has 1 aromatic heterocycles. The fourth-order valence-electron chi connectivity index (χ4n) is 3.41. The van der Waals surface area contributed by atoms with Crippen molar-refractivity contribution in [2.24, 2.45) is 7.05 Å². The largest absolute Gasteiger partial charge is 0.485 e. The van der Waals surface area contributed by atoms with E-state index in [2.05, 4.69) is 38.5 Å². The van der Waals surface area contributed by atoms with Gasteiger partial charge in [0.05, 0.1) is 26.8 Å². The van der Waals surface area contributed by atoms with E-state index < -0.39 is 0 Å². The lowest BCUT2D eigenvalue weighted by molar-refractivity contribution is -0.0596. The van der Waals surface area contributed by atoms with Crippen LogP contribution in [0.25, 0.3) is 0 Å². The summed E-state index contributed by atoms with van der Waals surface area (Å²) in [7, 11) is 1.79. The van der Waals surface area contributed by atoms with Crippen LogP contribution in [0.4, 0.5) is 0 Å².